The fourth-order valence-corrected chi connectivity index (χ4v) is 2.16. The number of benzene rings is 2. The zero-order valence-corrected chi connectivity index (χ0v) is 13.7. The van der Waals surface area contributed by atoms with Crippen molar-refractivity contribution in [2.45, 2.75) is 6.92 Å². The molecule has 0 radical (unpaired) electrons. The van der Waals surface area contributed by atoms with Crippen LogP contribution >= 0.6 is 0 Å². The first-order valence-corrected chi connectivity index (χ1v) is 7.72. The Hall–Kier alpha value is -3.54. The lowest BCUT2D eigenvalue weighted by atomic mass is 10.2. The summed E-state index contributed by atoms with van der Waals surface area (Å²) in [5.74, 6) is 1.57. The van der Waals surface area contributed by atoms with Crippen LogP contribution in [-0.4, -0.2) is 11.0 Å². The molecule has 3 rings (SSSR count). The smallest absolute Gasteiger partial charge is 0.323 e. The van der Waals surface area contributed by atoms with Crippen LogP contribution in [0.1, 0.15) is 5.56 Å². The summed E-state index contributed by atoms with van der Waals surface area (Å²) >= 11 is 0. The second kappa shape index (κ2) is 7.35. The van der Waals surface area contributed by atoms with Gasteiger partial charge in [0.05, 0.1) is 6.20 Å². The molecule has 2 aromatic carbocycles. The van der Waals surface area contributed by atoms with Gasteiger partial charge in [-0.15, -0.1) is 0 Å². The number of amides is 2. The van der Waals surface area contributed by atoms with E-state index >= 15 is 0 Å². The molecule has 0 saturated carbocycles. The van der Waals surface area contributed by atoms with E-state index in [2.05, 4.69) is 15.6 Å². The number of anilines is 3. The van der Waals surface area contributed by atoms with Crippen LogP contribution in [0.5, 0.6) is 11.5 Å². The van der Waals surface area contributed by atoms with Crippen molar-refractivity contribution >= 4 is 23.2 Å². The third kappa shape index (κ3) is 4.71. The maximum absolute atomic E-state index is 12.1. The summed E-state index contributed by atoms with van der Waals surface area (Å²) in [7, 11) is 0. The molecule has 0 unspecified atom stereocenters. The second-order valence-corrected chi connectivity index (χ2v) is 5.49. The number of ether oxygens (including phenoxy) is 1. The Morgan fingerprint density at radius 3 is 2.44 bits per heavy atom. The summed E-state index contributed by atoms with van der Waals surface area (Å²) in [6.07, 6.45) is 1.54. The van der Waals surface area contributed by atoms with Crippen molar-refractivity contribution in [1.82, 2.24) is 4.98 Å². The van der Waals surface area contributed by atoms with Crippen LogP contribution in [0.15, 0.2) is 66.9 Å². The normalized spacial score (nSPS) is 10.1. The lowest BCUT2D eigenvalue weighted by Gasteiger charge is -2.10. The Morgan fingerprint density at radius 1 is 0.960 bits per heavy atom. The molecule has 6 nitrogen and oxygen atoms in total. The van der Waals surface area contributed by atoms with Gasteiger partial charge in [-0.1, -0.05) is 23.8 Å². The van der Waals surface area contributed by atoms with Crippen LogP contribution in [0, 0.1) is 6.92 Å². The molecule has 0 fully saturated rings. The molecule has 1 heterocycles. The minimum atomic E-state index is -0.324. The predicted molar refractivity (Wildman–Crippen MR) is 99.0 cm³/mol. The van der Waals surface area contributed by atoms with Gasteiger partial charge in [0.2, 0.25) is 0 Å². The molecule has 0 aliphatic heterocycles. The number of aromatic nitrogens is 1. The van der Waals surface area contributed by atoms with Gasteiger partial charge in [-0.3, -0.25) is 0 Å². The number of hydrogen-bond donors (Lipinski definition) is 3. The van der Waals surface area contributed by atoms with E-state index in [-0.39, 0.29) is 6.03 Å². The summed E-state index contributed by atoms with van der Waals surface area (Å²) in [6.45, 7) is 1.99. The molecule has 0 spiro atoms. The Balaban J connectivity index is 1.63. The second-order valence-electron chi connectivity index (χ2n) is 5.49. The molecular weight excluding hydrogens is 316 g/mol. The van der Waals surface area contributed by atoms with Crippen LogP contribution < -0.4 is 21.1 Å². The number of nitrogens with one attached hydrogen (secondary N) is 2. The highest BCUT2D eigenvalue weighted by Crippen LogP contribution is 2.24. The molecule has 1 aromatic heterocycles. The third-order valence-electron chi connectivity index (χ3n) is 3.40. The molecule has 0 atom stereocenters. The zero-order valence-electron chi connectivity index (χ0n) is 13.7. The van der Waals surface area contributed by atoms with E-state index < -0.39 is 0 Å². The number of carbonyl (C=O) groups excluding carboxylic acids is 1. The van der Waals surface area contributed by atoms with E-state index in [1.165, 1.54) is 0 Å². The first-order valence-electron chi connectivity index (χ1n) is 7.72. The largest absolute Gasteiger partial charge is 0.456 e. The standard InChI is InChI=1S/C19H18N4O2/c1-13-5-7-14(8-6-13)22-19(24)23-15-3-2-4-16(11-15)25-17-9-10-18(20)21-12-17/h2-12H,1H3,(H2,20,21)(H2,22,23,24). The molecule has 2 amide bonds. The number of aryl methyl sites for hydroxylation is 1. The number of pyridine rings is 1. The minimum Gasteiger partial charge on any atom is -0.456 e. The molecule has 0 aliphatic carbocycles. The zero-order chi connectivity index (χ0) is 17.6. The first-order chi connectivity index (χ1) is 12.1. The van der Waals surface area contributed by atoms with Crippen LogP contribution in [0.3, 0.4) is 0 Å². The van der Waals surface area contributed by atoms with Crippen LogP contribution in [0.25, 0.3) is 0 Å². The van der Waals surface area contributed by atoms with Crippen molar-refractivity contribution in [2.24, 2.45) is 0 Å². The molecule has 25 heavy (non-hydrogen) atoms. The minimum absolute atomic E-state index is 0.324. The molecular formula is C19H18N4O2. The summed E-state index contributed by atoms with van der Waals surface area (Å²) in [6, 6.07) is 17.7. The highest BCUT2D eigenvalue weighted by atomic mass is 16.5. The van der Waals surface area contributed by atoms with E-state index in [1.807, 2.05) is 31.2 Å². The highest BCUT2D eigenvalue weighted by Gasteiger charge is 2.05. The number of nitrogen functional groups attached to an aromatic ring is 1. The Labute approximate surface area is 145 Å². The predicted octanol–water partition coefficient (Wildman–Crippen LogP) is 4.41. The molecule has 0 bridgehead atoms. The lowest BCUT2D eigenvalue weighted by molar-refractivity contribution is 0.262. The highest BCUT2D eigenvalue weighted by molar-refractivity contribution is 5.99. The monoisotopic (exact) mass is 334 g/mol. The van der Waals surface area contributed by atoms with Crippen molar-refractivity contribution in [3.8, 4) is 11.5 Å². The van der Waals surface area contributed by atoms with Crippen molar-refractivity contribution in [3.05, 3.63) is 72.4 Å². The van der Waals surface area contributed by atoms with E-state index in [0.29, 0.717) is 23.0 Å². The van der Waals surface area contributed by atoms with Gasteiger partial charge in [0.25, 0.3) is 0 Å². The number of carbonyl (C=O) groups is 1. The summed E-state index contributed by atoms with van der Waals surface area (Å²) in [4.78, 5) is 16.1. The Bertz CT molecular complexity index is 861. The van der Waals surface area contributed by atoms with Gasteiger partial charge in [0.15, 0.2) is 0 Å². The number of nitrogens with two attached hydrogens (primary N) is 1. The molecule has 0 aliphatic rings. The van der Waals surface area contributed by atoms with Gasteiger partial charge >= 0.3 is 6.03 Å². The summed E-state index contributed by atoms with van der Waals surface area (Å²) in [5, 5.41) is 5.55. The van der Waals surface area contributed by atoms with E-state index in [9.17, 15) is 4.79 Å². The van der Waals surface area contributed by atoms with Crippen LogP contribution in [-0.2, 0) is 0 Å². The van der Waals surface area contributed by atoms with Crippen LogP contribution in [0.4, 0.5) is 22.0 Å². The van der Waals surface area contributed by atoms with E-state index in [4.69, 9.17) is 10.5 Å². The number of rotatable bonds is 4. The maximum Gasteiger partial charge on any atom is 0.323 e. The van der Waals surface area contributed by atoms with E-state index in [0.717, 1.165) is 11.3 Å². The van der Waals surface area contributed by atoms with Gasteiger partial charge in [0.1, 0.15) is 17.3 Å². The number of hydrogen-bond acceptors (Lipinski definition) is 4. The first kappa shape index (κ1) is 16.3. The van der Waals surface area contributed by atoms with Gasteiger partial charge in [-0.25, -0.2) is 9.78 Å². The third-order valence-corrected chi connectivity index (χ3v) is 3.40. The fraction of sp³-hybridized carbons (Fsp3) is 0.0526. The summed E-state index contributed by atoms with van der Waals surface area (Å²) in [5.41, 5.74) is 8.02. The SMILES string of the molecule is Cc1ccc(NC(=O)Nc2cccc(Oc3ccc(N)nc3)c2)cc1. The van der Waals surface area contributed by atoms with Gasteiger partial charge in [-0.05, 0) is 43.3 Å². The van der Waals surface area contributed by atoms with Crippen LogP contribution in [0.2, 0.25) is 0 Å². The maximum atomic E-state index is 12.1. The van der Waals surface area contributed by atoms with Gasteiger partial charge < -0.3 is 21.1 Å². The van der Waals surface area contributed by atoms with Crippen molar-refractivity contribution in [3.63, 3.8) is 0 Å². The van der Waals surface area contributed by atoms with Crippen molar-refractivity contribution in [1.29, 1.82) is 0 Å². The lowest BCUT2D eigenvalue weighted by Crippen LogP contribution is -2.19. The summed E-state index contributed by atoms with van der Waals surface area (Å²) < 4.78 is 5.70. The van der Waals surface area contributed by atoms with E-state index in [1.54, 1.807) is 42.6 Å². The number of nitrogens with zero attached hydrogens (tertiary/aromatic N) is 1. The van der Waals surface area contributed by atoms with Crippen molar-refractivity contribution < 1.29 is 9.53 Å². The molecule has 4 N–H and O–H groups in total. The quantitative estimate of drug-likeness (QED) is 0.659. The number of urea groups is 1. The molecule has 126 valence electrons. The molecule has 6 heteroatoms. The Morgan fingerprint density at radius 2 is 1.72 bits per heavy atom. The fourth-order valence-electron chi connectivity index (χ4n) is 2.16. The molecule has 3 aromatic rings. The Kier molecular flexibility index (Phi) is 4.80. The van der Waals surface area contributed by atoms with Gasteiger partial charge in [0, 0.05) is 17.4 Å². The average molecular weight is 334 g/mol. The average Bonchev–Trinajstić information content (AvgIpc) is 2.59. The topological polar surface area (TPSA) is 89.3 Å². The molecule has 0 saturated heterocycles. The van der Waals surface area contributed by atoms with Crippen molar-refractivity contribution in [2.75, 3.05) is 16.4 Å². The van der Waals surface area contributed by atoms with Gasteiger partial charge in [-0.2, -0.15) is 0 Å².